The number of Topliss-reactive ketones (excluding diaryl/α,β-unsaturated/α-hetero) is 1. The topological polar surface area (TPSA) is 38.3 Å². The summed E-state index contributed by atoms with van der Waals surface area (Å²) in [5.74, 6) is 1.16. The van der Waals surface area contributed by atoms with Gasteiger partial charge in [-0.3, -0.25) is 4.79 Å². The zero-order valence-electron chi connectivity index (χ0n) is 13.0. The fourth-order valence-electron chi connectivity index (χ4n) is 3.73. The maximum absolute atomic E-state index is 12.9. The first-order valence-corrected chi connectivity index (χ1v) is 8.19. The lowest BCUT2D eigenvalue weighted by Crippen LogP contribution is -2.50. The highest BCUT2D eigenvalue weighted by atomic mass is 16.5. The minimum Gasteiger partial charge on any atom is -0.490 e. The van der Waals surface area contributed by atoms with Crippen molar-refractivity contribution >= 4 is 5.78 Å². The number of benzene rings is 1. The van der Waals surface area contributed by atoms with Crippen LogP contribution in [0.3, 0.4) is 0 Å². The van der Waals surface area contributed by atoms with Crippen LogP contribution in [0.25, 0.3) is 0 Å². The molecule has 0 radical (unpaired) electrons. The first kappa shape index (κ1) is 14.6. The third-order valence-corrected chi connectivity index (χ3v) is 4.60. The second kappa shape index (κ2) is 6.18. The van der Waals surface area contributed by atoms with Crippen LogP contribution in [0.2, 0.25) is 0 Å². The van der Waals surface area contributed by atoms with Crippen LogP contribution in [0.5, 0.6) is 5.75 Å². The molecule has 2 unspecified atom stereocenters. The molecule has 0 amide bonds. The highest BCUT2D eigenvalue weighted by Crippen LogP contribution is 2.33. The maximum atomic E-state index is 12.9. The molecule has 2 aliphatic heterocycles. The summed E-state index contributed by atoms with van der Waals surface area (Å²) in [6, 6.07) is 8.76. The van der Waals surface area contributed by atoms with E-state index in [-0.39, 0.29) is 17.8 Å². The van der Waals surface area contributed by atoms with E-state index in [2.05, 4.69) is 5.32 Å². The molecule has 1 N–H and O–H groups in total. The number of hydrogen-bond acceptors (Lipinski definition) is 3. The molecule has 1 aromatic rings. The Kier molecular flexibility index (Phi) is 4.29. The molecule has 0 aliphatic carbocycles. The number of carbonyl (C=O) groups excluding carboxylic acids is 1. The summed E-state index contributed by atoms with van der Waals surface area (Å²) in [4.78, 5) is 12.9. The van der Waals surface area contributed by atoms with Crippen molar-refractivity contribution < 1.29 is 9.53 Å². The number of carbonyl (C=O) groups is 1. The summed E-state index contributed by atoms with van der Waals surface area (Å²) in [6.07, 6.45) is 5.77. The van der Waals surface area contributed by atoms with Crippen LogP contribution in [0.4, 0.5) is 0 Å². The highest BCUT2D eigenvalue weighted by Gasteiger charge is 2.35. The number of hydrogen-bond donors (Lipinski definition) is 1. The van der Waals surface area contributed by atoms with Gasteiger partial charge in [0.05, 0.1) is 11.7 Å². The van der Waals surface area contributed by atoms with E-state index in [1.54, 1.807) is 0 Å². The van der Waals surface area contributed by atoms with Crippen molar-refractivity contribution in [2.24, 2.45) is 5.92 Å². The third-order valence-electron chi connectivity index (χ3n) is 4.60. The molecular formula is C18H25NO2. The predicted molar refractivity (Wildman–Crippen MR) is 83.8 cm³/mol. The van der Waals surface area contributed by atoms with E-state index in [4.69, 9.17) is 4.74 Å². The largest absolute Gasteiger partial charge is 0.490 e. The van der Waals surface area contributed by atoms with Gasteiger partial charge in [0, 0.05) is 18.0 Å². The summed E-state index contributed by atoms with van der Waals surface area (Å²) < 4.78 is 5.81. The zero-order valence-corrected chi connectivity index (χ0v) is 13.0. The van der Waals surface area contributed by atoms with Gasteiger partial charge < -0.3 is 10.1 Å². The maximum Gasteiger partial charge on any atom is 0.169 e. The van der Waals surface area contributed by atoms with Crippen molar-refractivity contribution in [2.75, 3.05) is 0 Å². The normalized spacial score (nSPS) is 28.4. The third kappa shape index (κ3) is 3.29. The monoisotopic (exact) mass is 287 g/mol. The van der Waals surface area contributed by atoms with Crippen LogP contribution in [0, 0.1) is 5.92 Å². The summed E-state index contributed by atoms with van der Waals surface area (Å²) in [5, 5.41) is 3.65. The fraction of sp³-hybridized carbons (Fsp3) is 0.611. The molecule has 0 aromatic heterocycles. The van der Waals surface area contributed by atoms with Crippen molar-refractivity contribution in [1.82, 2.24) is 5.32 Å². The van der Waals surface area contributed by atoms with Gasteiger partial charge >= 0.3 is 0 Å². The Bertz CT molecular complexity index is 500. The lowest BCUT2D eigenvalue weighted by Gasteiger charge is -2.39. The van der Waals surface area contributed by atoms with E-state index >= 15 is 0 Å². The van der Waals surface area contributed by atoms with Gasteiger partial charge in [-0.15, -0.1) is 0 Å². The van der Waals surface area contributed by atoms with Gasteiger partial charge in [0.15, 0.2) is 5.78 Å². The van der Waals surface area contributed by atoms with Crippen molar-refractivity contribution in [3.63, 3.8) is 0 Å². The molecule has 0 saturated carbocycles. The number of nitrogens with one attached hydrogen (secondary N) is 1. The molecule has 2 heterocycles. The summed E-state index contributed by atoms with van der Waals surface area (Å²) in [6.45, 7) is 3.99. The average Bonchev–Trinajstić information content (AvgIpc) is 2.46. The summed E-state index contributed by atoms with van der Waals surface area (Å²) in [5.41, 5.74) is 0.760. The van der Waals surface area contributed by atoms with Gasteiger partial charge in [0.2, 0.25) is 0 Å². The molecule has 3 heteroatoms. The Morgan fingerprint density at radius 3 is 2.52 bits per heavy atom. The smallest absolute Gasteiger partial charge is 0.169 e. The first-order chi connectivity index (χ1) is 10.1. The van der Waals surface area contributed by atoms with Gasteiger partial charge in [0.25, 0.3) is 0 Å². The quantitative estimate of drug-likeness (QED) is 0.860. The summed E-state index contributed by atoms with van der Waals surface area (Å²) in [7, 11) is 0. The van der Waals surface area contributed by atoms with Gasteiger partial charge in [-0.1, -0.05) is 18.6 Å². The van der Waals surface area contributed by atoms with E-state index in [0.717, 1.165) is 24.2 Å². The second-order valence-corrected chi connectivity index (χ2v) is 6.69. The minimum atomic E-state index is 0.0892. The number of rotatable bonds is 4. The standard InChI is InChI=1S/C18H25NO2/c1-12(2)21-17-9-4-3-8-16(17)18(20)13-10-14-6-5-7-15(11-13)19-14/h3-4,8-9,12-15,19H,5-7,10-11H2,1-2H3. The Balaban J connectivity index is 1.78. The van der Waals surface area contributed by atoms with E-state index in [1.807, 2.05) is 38.1 Å². The van der Waals surface area contributed by atoms with E-state index in [9.17, 15) is 4.79 Å². The summed E-state index contributed by atoms with van der Waals surface area (Å²) >= 11 is 0. The zero-order chi connectivity index (χ0) is 14.8. The SMILES string of the molecule is CC(C)Oc1ccccc1C(=O)C1CC2CCCC(C1)N2. The Hall–Kier alpha value is -1.35. The van der Waals surface area contributed by atoms with Crippen LogP contribution in [-0.2, 0) is 0 Å². The van der Waals surface area contributed by atoms with Crippen molar-refractivity contribution in [1.29, 1.82) is 0 Å². The van der Waals surface area contributed by atoms with Crippen LogP contribution >= 0.6 is 0 Å². The number of ketones is 1. The van der Waals surface area contributed by atoms with Crippen molar-refractivity contribution in [3.05, 3.63) is 29.8 Å². The van der Waals surface area contributed by atoms with Crippen LogP contribution in [0.15, 0.2) is 24.3 Å². The Morgan fingerprint density at radius 2 is 1.86 bits per heavy atom. The van der Waals surface area contributed by atoms with Crippen LogP contribution < -0.4 is 10.1 Å². The molecule has 2 aliphatic rings. The van der Waals surface area contributed by atoms with Crippen molar-refractivity contribution in [3.8, 4) is 5.75 Å². The number of para-hydroxylation sites is 1. The minimum absolute atomic E-state index is 0.0892. The molecule has 2 bridgehead atoms. The molecule has 2 saturated heterocycles. The molecular weight excluding hydrogens is 262 g/mol. The van der Waals surface area contributed by atoms with E-state index in [1.165, 1.54) is 19.3 Å². The van der Waals surface area contributed by atoms with Gasteiger partial charge in [0.1, 0.15) is 5.75 Å². The second-order valence-electron chi connectivity index (χ2n) is 6.69. The molecule has 21 heavy (non-hydrogen) atoms. The van der Waals surface area contributed by atoms with E-state index in [0.29, 0.717) is 12.1 Å². The lowest BCUT2D eigenvalue weighted by molar-refractivity contribution is 0.0819. The van der Waals surface area contributed by atoms with Gasteiger partial charge in [-0.2, -0.15) is 0 Å². The van der Waals surface area contributed by atoms with Crippen molar-refractivity contribution in [2.45, 2.75) is 64.1 Å². The van der Waals surface area contributed by atoms with Crippen LogP contribution in [0.1, 0.15) is 56.3 Å². The molecule has 1 aromatic carbocycles. The Morgan fingerprint density at radius 1 is 1.19 bits per heavy atom. The molecule has 2 atom stereocenters. The number of ether oxygens (including phenoxy) is 1. The van der Waals surface area contributed by atoms with Gasteiger partial charge in [-0.05, 0) is 51.7 Å². The van der Waals surface area contributed by atoms with Crippen LogP contribution in [-0.4, -0.2) is 24.0 Å². The average molecular weight is 287 g/mol. The number of piperidine rings is 2. The Labute approximate surface area is 127 Å². The first-order valence-electron chi connectivity index (χ1n) is 8.19. The lowest BCUT2D eigenvalue weighted by atomic mass is 9.77. The molecule has 3 nitrogen and oxygen atoms in total. The molecule has 3 rings (SSSR count). The molecule has 2 fully saturated rings. The predicted octanol–water partition coefficient (Wildman–Crippen LogP) is 3.58. The van der Waals surface area contributed by atoms with E-state index < -0.39 is 0 Å². The van der Waals surface area contributed by atoms with Gasteiger partial charge in [-0.25, -0.2) is 0 Å². The highest BCUT2D eigenvalue weighted by molar-refractivity contribution is 6.00. The fourth-order valence-corrected chi connectivity index (χ4v) is 3.73. The molecule has 0 spiro atoms. The molecule has 114 valence electrons. The number of fused-ring (bicyclic) bond motifs is 2.